The molecule has 1 atom stereocenters. The van der Waals surface area contributed by atoms with Gasteiger partial charge in [-0.2, -0.15) is 0 Å². The van der Waals surface area contributed by atoms with E-state index < -0.39 is 55.5 Å². The van der Waals surface area contributed by atoms with E-state index in [1.54, 1.807) is 66.6 Å². The summed E-state index contributed by atoms with van der Waals surface area (Å²) in [5.41, 5.74) is 3.35. The Morgan fingerprint density at radius 1 is 0.968 bits per heavy atom. The lowest BCUT2D eigenvalue weighted by atomic mass is 9.80. The number of nitrogens with one attached hydrogen (secondary N) is 3. The summed E-state index contributed by atoms with van der Waals surface area (Å²) in [7, 11) is -4.64. The summed E-state index contributed by atoms with van der Waals surface area (Å²) >= 11 is 0. The van der Waals surface area contributed by atoms with Crippen LogP contribution < -0.4 is 19.7 Å². The first kappa shape index (κ1) is 41.9. The minimum absolute atomic E-state index is 0.00773. The van der Waals surface area contributed by atoms with E-state index >= 15 is 8.78 Å². The standard InChI is InChI=1S/C47H46F2N6O7S/c1-46(57)19-16-29(17-20-46)26-51-40-15-13-36(24-41(40)55(58)59)63(60,61)53-45(56)39-14-10-32(23-43(39)62-35-22-33-18-21-50-44(33)52-27-35)30-8-11-34(12-9-30)54-28-47(48,49)25-42(54)38-5-3-2-4-37(38)31-6-7-31/h2-5,8-15,18,21-24,27,29,31,42,51,57H,6-7,16-17,19-20,25-26,28H2,1H3,(H,50,52)(H,53,56)/t29?,42-,46?/m1/s1. The first-order chi connectivity index (χ1) is 30.1. The lowest BCUT2D eigenvalue weighted by molar-refractivity contribution is -0.384. The average Bonchev–Trinajstić information content (AvgIpc) is 3.91. The van der Waals surface area contributed by atoms with Gasteiger partial charge in [-0.15, -0.1) is 0 Å². The van der Waals surface area contributed by atoms with Crippen molar-refractivity contribution in [1.29, 1.82) is 0 Å². The molecule has 13 nitrogen and oxygen atoms in total. The Bertz CT molecular complexity index is 2820. The van der Waals surface area contributed by atoms with Gasteiger partial charge in [-0.25, -0.2) is 26.9 Å². The number of hydrogen-bond acceptors (Lipinski definition) is 10. The van der Waals surface area contributed by atoms with Gasteiger partial charge in [0.05, 0.1) is 39.8 Å². The van der Waals surface area contributed by atoms with Crippen molar-refractivity contribution in [3.05, 3.63) is 136 Å². The van der Waals surface area contributed by atoms with Crippen LogP contribution in [0.1, 0.15) is 85.3 Å². The molecular formula is C47H46F2N6O7S. The third-order valence-electron chi connectivity index (χ3n) is 12.5. The summed E-state index contributed by atoms with van der Waals surface area (Å²) in [4.78, 5) is 34.0. The number of hydrogen-bond donors (Lipinski definition) is 4. The number of ether oxygens (including phenoxy) is 1. The van der Waals surface area contributed by atoms with Crippen LogP contribution in [0.2, 0.25) is 0 Å². The van der Waals surface area contributed by atoms with Gasteiger partial charge in [-0.05, 0) is 128 Å². The number of carbonyl (C=O) groups is 1. The van der Waals surface area contributed by atoms with Crippen molar-refractivity contribution in [2.45, 2.75) is 80.2 Å². The van der Waals surface area contributed by atoms with Crippen LogP contribution in [0.15, 0.2) is 114 Å². The van der Waals surface area contributed by atoms with Gasteiger partial charge in [0.25, 0.3) is 27.5 Å². The van der Waals surface area contributed by atoms with Gasteiger partial charge >= 0.3 is 0 Å². The molecule has 3 aliphatic rings. The molecule has 0 bridgehead atoms. The number of anilines is 2. The monoisotopic (exact) mass is 876 g/mol. The molecule has 0 spiro atoms. The Morgan fingerprint density at radius 3 is 2.43 bits per heavy atom. The van der Waals surface area contributed by atoms with E-state index in [0.29, 0.717) is 47.8 Å². The normalized spacial score (nSPS) is 21.0. The molecule has 1 amide bonds. The number of aromatic nitrogens is 2. The zero-order valence-corrected chi connectivity index (χ0v) is 35.2. The SMILES string of the molecule is CC1(O)CCC(CNc2ccc(S(=O)(=O)NC(=O)c3ccc(-c4ccc(N5CC(F)(F)C[C@@H]5c5ccccc5C5CC5)cc4)cc3Oc3cnc4[nH]ccc4c3)cc2[N+](=O)[O-])CC1. The number of amides is 1. The molecule has 4 N–H and O–H groups in total. The fourth-order valence-corrected chi connectivity index (χ4v) is 9.83. The molecule has 1 aliphatic heterocycles. The van der Waals surface area contributed by atoms with Crippen molar-refractivity contribution in [2.24, 2.45) is 5.92 Å². The van der Waals surface area contributed by atoms with E-state index in [1.807, 2.05) is 24.3 Å². The molecule has 3 heterocycles. The summed E-state index contributed by atoms with van der Waals surface area (Å²) in [6, 6.07) is 26.1. The third kappa shape index (κ3) is 9.09. The van der Waals surface area contributed by atoms with Crippen molar-refractivity contribution in [2.75, 3.05) is 23.3 Å². The van der Waals surface area contributed by atoms with Crippen molar-refractivity contribution >= 4 is 44.0 Å². The number of pyridine rings is 1. The molecule has 2 aromatic heterocycles. The zero-order chi connectivity index (χ0) is 44.1. The Morgan fingerprint density at radius 2 is 1.70 bits per heavy atom. The van der Waals surface area contributed by atoms with E-state index in [-0.39, 0.29) is 35.1 Å². The Hall–Kier alpha value is -6.39. The highest BCUT2D eigenvalue weighted by atomic mass is 32.2. The second-order valence-electron chi connectivity index (χ2n) is 17.2. The van der Waals surface area contributed by atoms with Crippen molar-refractivity contribution in [3.63, 3.8) is 0 Å². The van der Waals surface area contributed by atoms with Crippen LogP contribution in [0.4, 0.5) is 25.8 Å². The first-order valence-corrected chi connectivity index (χ1v) is 22.5. The van der Waals surface area contributed by atoms with Crippen LogP contribution in [0.3, 0.4) is 0 Å². The predicted octanol–water partition coefficient (Wildman–Crippen LogP) is 9.87. The van der Waals surface area contributed by atoms with Gasteiger partial charge in [0.15, 0.2) is 0 Å². The summed E-state index contributed by atoms with van der Waals surface area (Å²) in [5.74, 6) is -3.09. The van der Waals surface area contributed by atoms with Crippen LogP contribution in [-0.2, 0) is 10.0 Å². The molecule has 16 heteroatoms. The molecule has 0 radical (unpaired) electrons. The summed E-state index contributed by atoms with van der Waals surface area (Å²) in [6.45, 7) is 1.78. The van der Waals surface area contributed by atoms with Crippen LogP contribution in [0.5, 0.6) is 11.5 Å². The highest BCUT2D eigenvalue weighted by molar-refractivity contribution is 7.90. The molecule has 2 aliphatic carbocycles. The van der Waals surface area contributed by atoms with Crippen LogP contribution >= 0.6 is 0 Å². The van der Waals surface area contributed by atoms with E-state index in [0.717, 1.165) is 48.3 Å². The Labute approximate surface area is 362 Å². The second kappa shape index (κ2) is 16.4. The average molecular weight is 877 g/mol. The molecule has 326 valence electrons. The molecule has 6 aromatic rings. The maximum atomic E-state index is 15.1. The minimum Gasteiger partial charge on any atom is -0.455 e. The number of sulfonamides is 1. The molecule has 0 unspecified atom stereocenters. The van der Waals surface area contributed by atoms with Gasteiger partial charge in [0.1, 0.15) is 22.8 Å². The largest absolute Gasteiger partial charge is 0.455 e. The van der Waals surface area contributed by atoms with Crippen molar-refractivity contribution < 1.29 is 36.8 Å². The van der Waals surface area contributed by atoms with Gasteiger partial charge in [-0.1, -0.05) is 42.5 Å². The molecule has 4 aromatic carbocycles. The summed E-state index contributed by atoms with van der Waals surface area (Å²) < 4.78 is 65.9. The second-order valence-corrected chi connectivity index (χ2v) is 18.9. The Balaban J connectivity index is 0.978. The number of nitro groups is 1. The fraction of sp³-hybridized carbons (Fsp3) is 0.319. The van der Waals surface area contributed by atoms with Gasteiger partial charge in [-0.3, -0.25) is 14.9 Å². The van der Waals surface area contributed by atoms with E-state index in [4.69, 9.17) is 4.74 Å². The number of nitrogens with zero attached hydrogens (tertiary/aromatic N) is 3. The maximum Gasteiger partial charge on any atom is 0.293 e. The molecular weight excluding hydrogens is 831 g/mol. The number of halogens is 2. The molecule has 63 heavy (non-hydrogen) atoms. The highest BCUT2D eigenvalue weighted by Gasteiger charge is 2.47. The lowest BCUT2D eigenvalue weighted by Gasteiger charge is -2.33. The summed E-state index contributed by atoms with van der Waals surface area (Å²) in [6.07, 6.45) is 7.69. The van der Waals surface area contributed by atoms with Crippen LogP contribution in [0.25, 0.3) is 22.2 Å². The maximum absolute atomic E-state index is 15.1. The van der Waals surface area contributed by atoms with Gasteiger partial charge in [0.2, 0.25) is 0 Å². The number of fused-ring (bicyclic) bond motifs is 1. The molecule has 2 saturated carbocycles. The minimum atomic E-state index is -4.64. The number of benzene rings is 4. The number of aliphatic hydroxyl groups is 1. The fourth-order valence-electron chi connectivity index (χ4n) is 8.84. The zero-order valence-electron chi connectivity index (χ0n) is 34.4. The van der Waals surface area contributed by atoms with E-state index in [2.05, 4.69) is 20.0 Å². The highest BCUT2D eigenvalue weighted by Crippen LogP contribution is 2.49. The Kier molecular flexibility index (Phi) is 10.9. The predicted molar refractivity (Wildman–Crippen MR) is 235 cm³/mol. The van der Waals surface area contributed by atoms with Crippen molar-refractivity contribution in [1.82, 2.24) is 14.7 Å². The summed E-state index contributed by atoms with van der Waals surface area (Å²) in [5, 5.41) is 26.2. The van der Waals surface area contributed by atoms with Gasteiger partial charge in [0, 0.05) is 36.3 Å². The van der Waals surface area contributed by atoms with Crippen molar-refractivity contribution in [3.8, 4) is 22.6 Å². The number of carbonyl (C=O) groups excluding carboxylic acids is 1. The number of rotatable bonds is 13. The third-order valence-corrected chi connectivity index (χ3v) is 13.8. The number of alkyl halides is 2. The first-order valence-electron chi connectivity index (χ1n) is 21.0. The molecule has 1 saturated heterocycles. The van der Waals surface area contributed by atoms with Crippen LogP contribution in [-0.4, -0.2) is 58.9 Å². The topological polar surface area (TPSA) is 180 Å². The van der Waals surface area contributed by atoms with E-state index in [9.17, 15) is 28.4 Å². The molecule has 3 fully saturated rings. The number of aromatic amines is 1. The smallest absolute Gasteiger partial charge is 0.293 e. The number of nitro benzene ring substituents is 1. The molecule has 9 rings (SSSR count). The quantitative estimate of drug-likeness (QED) is 0.0645. The van der Waals surface area contributed by atoms with Crippen LogP contribution in [0, 0.1) is 16.0 Å². The van der Waals surface area contributed by atoms with Gasteiger partial charge < -0.3 is 25.0 Å². The number of H-pyrrole nitrogens is 1. The van der Waals surface area contributed by atoms with E-state index in [1.165, 1.54) is 24.4 Å². The lowest BCUT2D eigenvalue weighted by Crippen LogP contribution is -2.32.